The second-order valence-corrected chi connectivity index (χ2v) is 5.92. The lowest BCUT2D eigenvalue weighted by Gasteiger charge is -2.09. The minimum Gasteiger partial charge on any atom is -0.488 e. The highest BCUT2D eigenvalue weighted by Crippen LogP contribution is 2.22. The number of carbonyl (C=O) groups excluding carboxylic acids is 1. The third kappa shape index (κ3) is 3.59. The Hall–Kier alpha value is -1.85. The van der Waals surface area contributed by atoms with Gasteiger partial charge >= 0.3 is 0 Å². The first kappa shape index (κ1) is 14.6. The molecule has 1 aromatic heterocycles. The van der Waals surface area contributed by atoms with Gasteiger partial charge in [0.1, 0.15) is 12.4 Å². The number of carbonyl (C=O) groups is 1. The molecule has 0 aliphatic heterocycles. The SMILES string of the molecule is CC(C)c1cccc(OCc2ccc(C(=O)NN)s2)c1. The normalized spacial score (nSPS) is 10.6. The maximum atomic E-state index is 11.4. The molecule has 0 saturated carbocycles. The molecule has 1 heterocycles. The lowest BCUT2D eigenvalue weighted by molar-refractivity contribution is 0.0957. The minimum absolute atomic E-state index is 0.275. The molecule has 3 N–H and O–H groups in total. The van der Waals surface area contributed by atoms with E-state index in [1.165, 1.54) is 16.9 Å². The molecular formula is C15H18N2O2S. The molecule has 1 aromatic carbocycles. The molecule has 2 rings (SSSR count). The van der Waals surface area contributed by atoms with Crippen molar-refractivity contribution in [1.29, 1.82) is 0 Å². The number of nitrogens with two attached hydrogens (primary N) is 1. The van der Waals surface area contributed by atoms with Crippen LogP contribution in [0.15, 0.2) is 36.4 Å². The number of ether oxygens (including phenoxy) is 1. The van der Waals surface area contributed by atoms with Crippen molar-refractivity contribution >= 4 is 17.2 Å². The Morgan fingerprint density at radius 2 is 2.15 bits per heavy atom. The second-order valence-electron chi connectivity index (χ2n) is 4.76. The third-order valence-corrected chi connectivity index (χ3v) is 3.98. The van der Waals surface area contributed by atoms with E-state index in [-0.39, 0.29) is 5.91 Å². The van der Waals surface area contributed by atoms with Crippen LogP contribution in [0.4, 0.5) is 0 Å². The van der Waals surface area contributed by atoms with E-state index in [1.54, 1.807) is 6.07 Å². The van der Waals surface area contributed by atoms with Crippen molar-refractivity contribution < 1.29 is 9.53 Å². The predicted octanol–water partition coefficient (Wildman–Crippen LogP) is 3.05. The van der Waals surface area contributed by atoms with E-state index < -0.39 is 0 Å². The molecule has 106 valence electrons. The van der Waals surface area contributed by atoms with Crippen molar-refractivity contribution in [2.24, 2.45) is 5.84 Å². The van der Waals surface area contributed by atoms with E-state index in [2.05, 4.69) is 25.3 Å². The topological polar surface area (TPSA) is 64.3 Å². The minimum atomic E-state index is -0.275. The highest BCUT2D eigenvalue weighted by Gasteiger charge is 2.08. The summed E-state index contributed by atoms with van der Waals surface area (Å²) in [6, 6.07) is 11.7. The van der Waals surface area contributed by atoms with Crippen LogP contribution in [-0.4, -0.2) is 5.91 Å². The van der Waals surface area contributed by atoms with E-state index in [1.807, 2.05) is 24.3 Å². The first-order valence-electron chi connectivity index (χ1n) is 6.42. The molecule has 0 radical (unpaired) electrons. The molecule has 4 nitrogen and oxygen atoms in total. The van der Waals surface area contributed by atoms with Gasteiger partial charge in [-0.1, -0.05) is 26.0 Å². The summed E-state index contributed by atoms with van der Waals surface area (Å²) >= 11 is 1.38. The van der Waals surface area contributed by atoms with Crippen molar-refractivity contribution in [2.45, 2.75) is 26.4 Å². The van der Waals surface area contributed by atoms with Crippen LogP contribution in [0.1, 0.15) is 39.9 Å². The molecule has 2 aromatic rings. The van der Waals surface area contributed by atoms with Gasteiger partial charge in [-0.25, -0.2) is 5.84 Å². The lowest BCUT2D eigenvalue weighted by atomic mass is 10.0. The van der Waals surface area contributed by atoms with Gasteiger partial charge in [-0.2, -0.15) is 0 Å². The number of rotatable bonds is 5. The summed E-state index contributed by atoms with van der Waals surface area (Å²) in [7, 11) is 0. The summed E-state index contributed by atoms with van der Waals surface area (Å²) in [6.45, 7) is 4.75. The monoisotopic (exact) mass is 290 g/mol. The standard InChI is InChI=1S/C15H18N2O2S/c1-10(2)11-4-3-5-12(8-11)19-9-13-6-7-14(20-13)15(18)17-16/h3-8,10H,9,16H2,1-2H3,(H,17,18). The van der Waals surface area contributed by atoms with Gasteiger partial charge in [-0.15, -0.1) is 11.3 Å². The summed E-state index contributed by atoms with van der Waals surface area (Å²) in [5.41, 5.74) is 3.37. The fraction of sp³-hybridized carbons (Fsp3) is 0.267. The van der Waals surface area contributed by atoms with E-state index in [0.717, 1.165) is 10.6 Å². The zero-order valence-electron chi connectivity index (χ0n) is 11.6. The lowest BCUT2D eigenvalue weighted by Crippen LogP contribution is -2.29. The second kappa shape index (κ2) is 6.54. The van der Waals surface area contributed by atoms with Crippen LogP contribution >= 0.6 is 11.3 Å². The summed E-state index contributed by atoms with van der Waals surface area (Å²) in [5, 5.41) is 0. The van der Waals surface area contributed by atoms with E-state index in [9.17, 15) is 4.79 Å². The van der Waals surface area contributed by atoms with Crippen molar-refractivity contribution in [3.05, 3.63) is 51.7 Å². The molecule has 0 unspecified atom stereocenters. The van der Waals surface area contributed by atoms with Gasteiger partial charge in [-0.05, 0) is 35.7 Å². The first-order valence-corrected chi connectivity index (χ1v) is 7.24. The maximum Gasteiger partial charge on any atom is 0.275 e. The smallest absolute Gasteiger partial charge is 0.275 e. The Kier molecular flexibility index (Phi) is 4.76. The molecule has 0 saturated heterocycles. The zero-order chi connectivity index (χ0) is 14.5. The third-order valence-electron chi connectivity index (χ3n) is 2.92. The highest BCUT2D eigenvalue weighted by molar-refractivity contribution is 7.14. The number of hydrogen-bond acceptors (Lipinski definition) is 4. The number of hydrazine groups is 1. The average molecular weight is 290 g/mol. The molecule has 0 aliphatic carbocycles. The van der Waals surface area contributed by atoms with Crippen molar-refractivity contribution in [3.8, 4) is 5.75 Å². The van der Waals surface area contributed by atoms with Crippen molar-refractivity contribution in [2.75, 3.05) is 0 Å². The summed E-state index contributed by atoms with van der Waals surface area (Å²) in [4.78, 5) is 12.9. The molecule has 0 bridgehead atoms. The highest BCUT2D eigenvalue weighted by atomic mass is 32.1. The Morgan fingerprint density at radius 3 is 2.85 bits per heavy atom. The van der Waals surface area contributed by atoms with E-state index in [4.69, 9.17) is 10.6 Å². The number of nitrogen functional groups attached to an aromatic ring is 1. The first-order chi connectivity index (χ1) is 9.60. The van der Waals surface area contributed by atoms with Crippen LogP contribution in [0.3, 0.4) is 0 Å². The Bertz CT molecular complexity index is 593. The fourth-order valence-electron chi connectivity index (χ4n) is 1.77. The van der Waals surface area contributed by atoms with Gasteiger partial charge in [0.15, 0.2) is 0 Å². The molecule has 0 atom stereocenters. The van der Waals surface area contributed by atoms with Gasteiger partial charge < -0.3 is 4.74 Å². The molecule has 20 heavy (non-hydrogen) atoms. The van der Waals surface area contributed by atoms with Crippen LogP contribution in [-0.2, 0) is 6.61 Å². The predicted molar refractivity (Wildman–Crippen MR) is 80.8 cm³/mol. The summed E-state index contributed by atoms with van der Waals surface area (Å²) in [6.07, 6.45) is 0. The van der Waals surface area contributed by atoms with Gasteiger partial charge in [0, 0.05) is 4.88 Å². The number of benzene rings is 1. The van der Waals surface area contributed by atoms with Crippen LogP contribution in [0, 0.1) is 0 Å². The average Bonchev–Trinajstić information content (AvgIpc) is 2.93. The number of hydrogen-bond donors (Lipinski definition) is 2. The summed E-state index contributed by atoms with van der Waals surface area (Å²) < 4.78 is 5.76. The van der Waals surface area contributed by atoms with Crippen molar-refractivity contribution in [1.82, 2.24) is 5.43 Å². The van der Waals surface area contributed by atoms with Gasteiger partial charge in [-0.3, -0.25) is 10.2 Å². The largest absolute Gasteiger partial charge is 0.488 e. The Balaban J connectivity index is 2.00. The number of amides is 1. The molecule has 0 aliphatic rings. The van der Waals surface area contributed by atoms with Crippen molar-refractivity contribution in [3.63, 3.8) is 0 Å². The van der Waals surface area contributed by atoms with Crippen LogP contribution in [0.25, 0.3) is 0 Å². The molecule has 0 spiro atoms. The molecule has 5 heteroatoms. The molecule has 1 amide bonds. The van der Waals surface area contributed by atoms with Gasteiger partial charge in [0.2, 0.25) is 0 Å². The number of nitrogens with one attached hydrogen (secondary N) is 1. The quantitative estimate of drug-likeness (QED) is 0.505. The number of thiophene rings is 1. The van der Waals surface area contributed by atoms with Gasteiger partial charge in [0.05, 0.1) is 4.88 Å². The van der Waals surface area contributed by atoms with Gasteiger partial charge in [0.25, 0.3) is 5.91 Å². The molecule has 0 fully saturated rings. The van der Waals surface area contributed by atoms with E-state index in [0.29, 0.717) is 17.4 Å². The van der Waals surface area contributed by atoms with E-state index >= 15 is 0 Å². The van der Waals surface area contributed by atoms with Crippen LogP contribution in [0.5, 0.6) is 5.75 Å². The van der Waals surface area contributed by atoms with Crippen LogP contribution in [0.2, 0.25) is 0 Å². The Labute approximate surface area is 122 Å². The van der Waals surface area contributed by atoms with Crippen LogP contribution < -0.4 is 16.0 Å². The maximum absolute atomic E-state index is 11.4. The fourth-order valence-corrected chi connectivity index (χ4v) is 2.59. The molecular weight excluding hydrogens is 272 g/mol. The zero-order valence-corrected chi connectivity index (χ0v) is 12.4. The summed E-state index contributed by atoms with van der Waals surface area (Å²) in [5.74, 6) is 6.14. The Morgan fingerprint density at radius 1 is 1.35 bits per heavy atom.